The first-order chi connectivity index (χ1) is 8.42. The Balaban J connectivity index is 2.98. The second-order valence-corrected chi connectivity index (χ2v) is 6.35. The van der Waals surface area contributed by atoms with Crippen LogP contribution in [0.5, 0.6) is 0 Å². The van der Waals surface area contributed by atoms with Gasteiger partial charge in [0.1, 0.15) is 0 Å². The lowest BCUT2D eigenvalue weighted by atomic mass is 10.1. The Kier molecular flexibility index (Phi) is 5.31. The van der Waals surface area contributed by atoms with E-state index in [9.17, 15) is 8.42 Å². The number of sulfonamides is 1. The van der Waals surface area contributed by atoms with Gasteiger partial charge in [0.25, 0.3) is 0 Å². The molecule has 1 atom stereocenters. The number of hydrogen-bond donors (Lipinski definition) is 2. The van der Waals surface area contributed by atoms with E-state index in [-0.39, 0.29) is 0 Å². The Labute approximate surface area is 110 Å². The van der Waals surface area contributed by atoms with Gasteiger partial charge in [-0.2, -0.15) is 0 Å². The van der Waals surface area contributed by atoms with Gasteiger partial charge in [-0.15, -0.1) is 0 Å². The lowest BCUT2D eigenvalue weighted by Crippen LogP contribution is -2.29. The Hall–Kier alpha value is -0.910. The van der Waals surface area contributed by atoms with Gasteiger partial charge in [-0.25, -0.2) is 13.1 Å². The summed E-state index contributed by atoms with van der Waals surface area (Å²) in [5, 5.41) is 0. The van der Waals surface area contributed by atoms with Crippen molar-refractivity contribution in [3.05, 3.63) is 29.3 Å². The molecule has 1 unspecified atom stereocenters. The van der Waals surface area contributed by atoms with Crippen LogP contribution < -0.4 is 10.5 Å². The molecule has 0 amide bonds. The van der Waals surface area contributed by atoms with Crippen LogP contribution in [0, 0.1) is 12.8 Å². The maximum absolute atomic E-state index is 12.2. The van der Waals surface area contributed by atoms with Crippen molar-refractivity contribution in [1.29, 1.82) is 0 Å². The largest absolute Gasteiger partial charge is 0.326 e. The van der Waals surface area contributed by atoms with Crippen molar-refractivity contribution in [1.82, 2.24) is 4.72 Å². The highest BCUT2D eigenvalue weighted by atomic mass is 32.2. The predicted octanol–water partition coefficient (Wildman–Crippen LogP) is 1.78. The SMILES string of the molecule is CCC(C)CNS(=O)(=O)c1cccc(CN)c1C. The summed E-state index contributed by atoms with van der Waals surface area (Å²) in [6.45, 7) is 6.66. The molecule has 0 bridgehead atoms. The van der Waals surface area contributed by atoms with Crippen LogP contribution >= 0.6 is 0 Å². The van der Waals surface area contributed by atoms with E-state index in [4.69, 9.17) is 5.73 Å². The molecule has 0 heterocycles. The topological polar surface area (TPSA) is 72.2 Å². The van der Waals surface area contributed by atoms with Gasteiger partial charge in [-0.3, -0.25) is 0 Å². The third-order valence-corrected chi connectivity index (χ3v) is 4.79. The van der Waals surface area contributed by atoms with Crippen molar-refractivity contribution in [3.8, 4) is 0 Å². The van der Waals surface area contributed by atoms with Crippen LogP contribution in [0.25, 0.3) is 0 Å². The molecule has 18 heavy (non-hydrogen) atoms. The average Bonchev–Trinajstić information content (AvgIpc) is 2.36. The van der Waals surface area contributed by atoms with Gasteiger partial charge in [0.2, 0.25) is 10.0 Å². The summed E-state index contributed by atoms with van der Waals surface area (Å²) in [6, 6.07) is 5.20. The molecule has 1 aromatic carbocycles. The van der Waals surface area contributed by atoms with Crippen LogP contribution in [0.15, 0.2) is 23.1 Å². The van der Waals surface area contributed by atoms with Crippen LogP contribution in [-0.4, -0.2) is 15.0 Å². The number of nitrogens with two attached hydrogens (primary N) is 1. The summed E-state index contributed by atoms with van der Waals surface area (Å²) in [7, 11) is -3.43. The monoisotopic (exact) mass is 270 g/mol. The molecule has 0 aromatic heterocycles. The van der Waals surface area contributed by atoms with Crippen LogP contribution in [0.2, 0.25) is 0 Å². The third kappa shape index (κ3) is 3.54. The summed E-state index contributed by atoms with van der Waals surface area (Å²) in [4.78, 5) is 0.328. The molecule has 0 fully saturated rings. The smallest absolute Gasteiger partial charge is 0.240 e. The molecule has 0 saturated heterocycles. The Morgan fingerprint density at radius 2 is 2.06 bits per heavy atom. The van der Waals surface area contributed by atoms with Gasteiger partial charge in [0, 0.05) is 13.1 Å². The van der Waals surface area contributed by atoms with Crippen LogP contribution in [0.3, 0.4) is 0 Å². The zero-order chi connectivity index (χ0) is 13.8. The van der Waals surface area contributed by atoms with Gasteiger partial charge in [0.05, 0.1) is 4.90 Å². The number of rotatable bonds is 6. The highest BCUT2D eigenvalue weighted by Gasteiger charge is 2.18. The maximum Gasteiger partial charge on any atom is 0.240 e. The minimum absolute atomic E-state index is 0.328. The molecule has 0 spiro atoms. The van der Waals surface area contributed by atoms with Crippen LogP contribution in [0.1, 0.15) is 31.4 Å². The first-order valence-electron chi connectivity index (χ1n) is 6.20. The summed E-state index contributed by atoms with van der Waals surface area (Å²) < 4.78 is 27.0. The molecule has 0 saturated carbocycles. The number of nitrogens with one attached hydrogen (secondary N) is 1. The van der Waals surface area contributed by atoms with Crippen molar-refractivity contribution in [2.24, 2.45) is 11.7 Å². The molecule has 0 aliphatic rings. The van der Waals surface area contributed by atoms with Gasteiger partial charge in [0.15, 0.2) is 0 Å². The fraction of sp³-hybridized carbons (Fsp3) is 0.538. The second kappa shape index (κ2) is 6.31. The summed E-state index contributed by atoms with van der Waals surface area (Å²) in [6.07, 6.45) is 0.949. The molecule has 102 valence electrons. The van der Waals surface area contributed by atoms with Crippen molar-refractivity contribution in [3.63, 3.8) is 0 Å². The van der Waals surface area contributed by atoms with E-state index in [1.807, 2.05) is 19.9 Å². The third-order valence-electron chi connectivity index (χ3n) is 3.22. The van der Waals surface area contributed by atoms with Gasteiger partial charge < -0.3 is 5.73 Å². The molecule has 0 aliphatic carbocycles. The minimum atomic E-state index is -3.43. The van der Waals surface area contributed by atoms with E-state index in [1.54, 1.807) is 19.1 Å². The molecule has 1 aromatic rings. The predicted molar refractivity (Wildman–Crippen MR) is 73.7 cm³/mol. The molecule has 0 radical (unpaired) electrons. The number of benzene rings is 1. The quantitative estimate of drug-likeness (QED) is 0.827. The van der Waals surface area contributed by atoms with Crippen molar-refractivity contribution in [2.75, 3.05) is 6.54 Å². The maximum atomic E-state index is 12.2. The zero-order valence-electron chi connectivity index (χ0n) is 11.2. The van der Waals surface area contributed by atoms with E-state index in [0.29, 0.717) is 23.9 Å². The minimum Gasteiger partial charge on any atom is -0.326 e. The van der Waals surface area contributed by atoms with Crippen molar-refractivity contribution < 1.29 is 8.42 Å². The zero-order valence-corrected chi connectivity index (χ0v) is 12.0. The second-order valence-electron chi connectivity index (χ2n) is 4.61. The molecule has 3 N–H and O–H groups in total. The molecule has 0 aliphatic heterocycles. The van der Waals surface area contributed by atoms with Gasteiger partial charge in [-0.05, 0) is 30.0 Å². The first kappa shape index (κ1) is 15.1. The van der Waals surface area contributed by atoms with E-state index in [1.165, 1.54) is 0 Å². The Morgan fingerprint density at radius 1 is 1.39 bits per heavy atom. The van der Waals surface area contributed by atoms with Crippen molar-refractivity contribution >= 4 is 10.0 Å². The highest BCUT2D eigenvalue weighted by Crippen LogP contribution is 2.18. The fourth-order valence-corrected chi connectivity index (χ4v) is 3.10. The summed E-state index contributed by atoms with van der Waals surface area (Å²) >= 11 is 0. The summed E-state index contributed by atoms with van der Waals surface area (Å²) in [5.74, 6) is 0.331. The molecule has 1 rings (SSSR count). The van der Waals surface area contributed by atoms with Gasteiger partial charge >= 0.3 is 0 Å². The van der Waals surface area contributed by atoms with E-state index in [2.05, 4.69) is 4.72 Å². The molecule has 5 heteroatoms. The van der Waals surface area contributed by atoms with Gasteiger partial charge in [-0.1, -0.05) is 32.4 Å². The average molecular weight is 270 g/mol. The lowest BCUT2D eigenvalue weighted by Gasteiger charge is -2.14. The Morgan fingerprint density at radius 3 is 2.61 bits per heavy atom. The standard InChI is InChI=1S/C13H22N2O2S/c1-4-10(2)9-15-18(16,17)13-7-5-6-12(8-14)11(13)3/h5-7,10,15H,4,8-9,14H2,1-3H3. The fourth-order valence-electron chi connectivity index (χ4n) is 1.65. The normalized spacial score (nSPS) is 13.6. The van der Waals surface area contributed by atoms with E-state index in [0.717, 1.165) is 17.5 Å². The summed E-state index contributed by atoms with van der Waals surface area (Å²) in [5.41, 5.74) is 7.19. The number of hydrogen-bond acceptors (Lipinski definition) is 3. The van der Waals surface area contributed by atoms with E-state index >= 15 is 0 Å². The Bertz CT molecular complexity index is 498. The molecular weight excluding hydrogens is 248 g/mol. The van der Waals surface area contributed by atoms with Crippen molar-refractivity contribution in [2.45, 2.75) is 38.6 Å². The van der Waals surface area contributed by atoms with E-state index < -0.39 is 10.0 Å². The molecule has 4 nitrogen and oxygen atoms in total. The highest BCUT2D eigenvalue weighted by molar-refractivity contribution is 7.89. The van der Waals surface area contributed by atoms with Crippen LogP contribution in [-0.2, 0) is 16.6 Å². The van der Waals surface area contributed by atoms with Crippen LogP contribution in [0.4, 0.5) is 0 Å². The lowest BCUT2D eigenvalue weighted by molar-refractivity contribution is 0.528. The molecular formula is C13H22N2O2S. The first-order valence-corrected chi connectivity index (χ1v) is 7.69.